The largest absolute Gasteiger partial charge is 0.497 e. The van der Waals surface area contributed by atoms with E-state index in [1.54, 1.807) is 7.11 Å². The Bertz CT molecular complexity index is 673. The van der Waals surface area contributed by atoms with Gasteiger partial charge < -0.3 is 15.0 Å². The van der Waals surface area contributed by atoms with Gasteiger partial charge in [-0.3, -0.25) is 4.79 Å². The van der Waals surface area contributed by atoms with Crippen LogP contribution < -0.4 is 15.0 Å². The molecule has 2 aromatic rings. The second-order valence-corrected chi connectivity index (χ2v) is 6.38. The summed E-state index contributed by atoms with van der Waals surface area (Å²) in [6.45, 7) is 3.12. The Morgan fingerprint density at radius 2 is 1.88 bits per heavy atom. The summed E-state index contributed by atoms with van der Waals surface area (Å²) in [4.78, 5) is 13.4. The van der Waals surface area contributed by atoms with Crippen LogP contribution in [-0.2, 0) is 11.3 Å². The van der Waals surface area contributed by atoms with E-state index in [4.69, 9.17) is 16.3 Å². The van der Waals surface area contributed by atoms with Crippen molar-refractivity contribution in [3.8, 4) is 5.75 Å². The van der Waals surface area contributed by atoms with Gasteiger partial charge in [0, 0.05) is 10.6 Å². The third-order valence-corrected chi connectivity index (χ3v) is 4.22. The molecule has 4 nitrogen and oxygen atoms in total. The molecule has 2 N–H and O–H groups in total. The molecule has 5 heteroatoms. The maximum atomic E-state index is 12.2. The van der Waals surface area contributed by atoms with Crippen LogP contribution in [0.5, 0.6) is 5.75 Å². The van der Waals surface area contributed by atoms with Crippen molar-refractivity contribution in [3.05, 3.63) is 64.7 Å². The average molecular weight is 348 g/mol. The topological polar surface area (TPSA) is 42.8 Å². The predicted octanol–water partition coefficient (Wildman–Crippen LogP) is 2.24. The number of ether oxygens (including phenoxy) is 1. The van der Waals surface area contributed by atoms with Crippen molar-refractivity contribution < 1.29 is 14.4 Å². The summed E-state index contributed by atoms with van der Waals surface area (Å²) in [7, 11) is 3.65. The van der Waals surface area contributed by atoms with E-state index in [1.165, 1.54) is 5.56 Å². The Hall–Kier alpha value is -2.04. The molecule has 2 aromatic carbocycles. The molecule has 1 unspecified atom stereocenters. The lowest BCUT2D eigenvalue weighted by atomic mass is 10.1. The van der Waals surface area contributed by atoms with E-state index in [1.807, 2.05) is 62.5 Å². The highest BCUT2D eigenvalue weighted by Crippen LogP contribution is 2.21. The predicted molar refractivity (Wildman–Crippen MR) is 96.5 cm³/mol. The molecule has 24 heavy (non-hydrogen) atoms. The first-order valence-corrected chi connectivity index (χ1v) is 8.35. The van der Waals surface area contributed by atoms with Crippen LogP contribution in [0.25, 0.3) is 0 Å². The number of likely N-dealkylation sites (N-methyl/N-ethyl adjacent to an activating group) is 1. The van der Waals surface area contributed by atoms with Crippen molar-refractivity contribution in [2.45, 2.75) is 19.5 Å². The van der Waals surface area contributed by atoms with Gasteiger partial charge in [-0.2, -0.15) is 0 Å². The summed E-state index contributed by atoms with van der Waals surface area (Å²) in [5.41, 5.74) is 2.10. The van der Waals surface area contributed by atoms with E-state index < -0.39 is 0 Å². The summed E-state index contributed by atoms with van der Waals surface area (Å²) in [5.74, 6) is 0.844. The lowest BCUT2D eigenvalue weighted by Crippen LogP contribution is -3.08. The number of hydrogen-bond donors (Lipinski definition) is 2. The maximum Gasteiger partial charge on any atom is 0.275 e. The number of rotatable bonds is 7. The standard InChI is InChI=1S/C19H23ClN2O2/c1-14(17-6-4-5-7-18(17)20)21-19(23)13-22(2)12-15-8-10-16(24-3)11-9-15/h4-11,14H,12-13H2,1-3H3,(H,21,23)/p+1/t14-/m1/s1. The minimum Gasteiger partial charge on any atom is -0.497 e. The van der Waals surface area contributed by atoms with Crippen LogP contribution in [0.1, 0.15) is 24.1 Å². The number of benzene rings is 2. The van der Waals surface area contributed by atoms with Crippen molar-refractivity contribution >= 4 is 17.5 Å². The Kier molecular flexibility index (Phi) is 6.64. The van der Waals surface area contributed by atoms with Gasteiger partial charge in [-0.25, -0.2) is 0 Å². The normalized spacial score (nSPS) is 13.2. The first-order valence-electron chi connectivity index (χ1n) is 7.97. The Labute approximate surface area is 148 Å². The first kappa shape index (κ1) is 18.3. The summed E-state index contributed by atoms with van der Waals surface area (Å²) >= 11 is 6.17. The quantitative estimate of drug-likeness (QED) is 0.806. The Morgan fingerprint density at radius 1 is 1.21 bits per heavy atom. The van der Waals surface area contributed by atoms with E-state index in [0.717, 1.165) is 22.8 Å². The van der Waals surface area contributed by atoms with Crippen molar-refractivity contribution in [1.82, 2.24) is 5.32 Å². The summed E-state index contributed by atoms with van der Waals surface area (Å²) in [6.07, 6.45) is 0. The molecular weight excluding hydrogens is 324 g/mol. The van der Waals surface area contributed by atoms with E-state index >= 15 is 0 Å². The third-order valence-electron chi connectivity index (χ3n) is 3.88. The van der Waals surface area contributed by atoms with E-state index in [9.17, 15) is 4.79 Å². The van der Waals surface area contributed by atoms with Gasteiger partial charge in [-0.1, -0.05) is 29.8 Å². The van der Waals surface area contributed by atoms with Crippen molar-refractivity contribution in [3.63, 3.8) is 0 Å². The molecule has 0 saturated carbocycles. The summed E-state index contributed by atoms with van der Waals surface area (Å²) < 4.78 is 5.15. The number of carbonyl (C=O) groups excluding carboxylic acids is 1. The highest BCUT2D eigenvalue weighted by atomic mass is 35.5. The molecule has 0 aromatic heterocycles. The first-order chi connectivity index (χ1) is 11.5. The lowest BCUT2D eigenvalue weighted by Gasteiger charge is -2.18. The highest BCUT2D eigenvalue weighted by Gasteiger charge is 2.15. The fraction of sp³-hybridized carbons (Fsp3) is 0.316. The fourth-order valence-electron chi connectivity index (χ4n) is 2.62. The van der Waals surface area contributed by atoms with Gasteiger partial charge in [0.05, 0.1) is 20.2 Å². The minimum atomic E-state index is -0.111. The van der Waals surface area contributed by atoms with Gasteiger partial charge in [-0.05, 0) is 42.8 Å². The fourth-order valence-corrected chi connectivity index (χ4v) is 2.92. The number of methoxy groups -OCH3 is 1. The van der Waals surface area contributed by atoms with Gasteiger partial charge in [-0.15, -0.1) is 0 Å². The monoisotopic (exact) mass is 347 g/mol. The van der Waals surface area contributed by atoms with Crippen LogP contribution >= 0.6 is 11.6 Å². The van der Waals surface area contributed by atoms with Gasteiger partial charge in [0.1, 0.15) is 12.3 Å². The minimum absolute atomic E-state index is 0.00781. The van der Waals surface area contributed by atoms with Gasteiger partial charge in [0.15, 0.2) is 6.54 Å². The van der Waals surface area contributed by atoms with Crippen LogP contribution in [0, 0.1) is 0 Å². The molecule has 2 atom stereocenters. The number of nitrogens with one attached hydrogen (secondary N) is 2. The van der Waals surface area contributed by atoms with Gasteiger partial charge >= 0.3 is 0 Å². The molecular formula is C19H24ClN2O2+. The van der Waals surface area contributed by atoms with Crippen molar-refractivity contribution in [2.24, 2.45) is 0 Å². The lowest BCUT2D eigenvalue weighted by molar-refractivity contribution is -0.885. The number of quaternary nitrogens is 1. The summed E-state index contributed by atoms with van der Waals surface area (Å²) in [5, 5.41) is 3.68. The SMILES string of the molecule is COc1ccc(C[NH+](C)CC(=O)N[C@H](C)c2ccccc2Cl)cc1. The molecule has 0 aliphatic carbocycles. The van der Waals surface area contributed by atoms with Gasteiger partial charge in [0.25, 0.3) is 5.91 Å². The molecule has 0 spiro atoms. The zero-order valence-electron chi connectivity index (χ0n) is 14.3. The highest BCUT2D eigenvalue weighted by molar-refractivity contribution is 6.31. The zero-order chi connectivity index (χ0) is 17.5. The number of halogens is 1. The molecule has 0 aliphatic heterocycles. The van der Waals surface area contributed by atoms with Crippen LogP contribution in [0.4, 0.5) is 0 Å². The number of hydrogen-bond acceptors (Lipinski definition) is 2. The molecule has 0 saturated heterocycles. The number of carbonyl (C=O) groups is 1. The smallest absolute Gasteiger partial charge is 0.275 e. The Balaban J connectivity index is 1.85. The van der Waals surface area contributed by atoms with E-state index in [-0.39, 0.29) is 11.9 Å². The molecule has 0 radical (unpaired) electrons. The molecule has 2 rings (SSSR count). The second kappa shape index (κ2) is 8.71. The molecule has 128 valence electrons. The van der Waals surface area contributed by atoms with Crippen molar-refractivity contribution in [1.29, 1.82) is 0 Å². The van der Waals surface area contributed by atoms with E-state index in [2.05, 4.69) is 5.32 Å². The molecule has 0 fully saturated rings. The molecule has 0 aliphatic rings. The average Bonchev–Trinajstić information content (AvgIpc) is 2.55. The number of amides is 1. The van der Waals surface area contributed by atoms with E-state index in [0.29, 0.717) is 11.6 Å². The van der Waals surface area contributed by atoms with Crippen LogP contribution in [0.2, 0.25) is 5.02 Å². The van der Waals surface area contributed by atoms with Gasteiger partial charge in [0.2, 0.25) is 0 Å². The zero-order valence-corrected chi connectivity index (χ0v) is 15.1. The van der Waals surface area contributed by atoms with Crippen LogP contribution in [0.15, 0.2) is 48.5 Å². The van der Waals surface area contributed by atoms with Crippen molar-refractivity contribution in [2.75, 3.05) is 20.7 Å². The molecule has 0 bridgehead atoms. The maximum absolute atomic E-state index is 12.2. The second-order valence-electron chi connectivity index (χ2n) is 5.97. The molecule has 1 amide bonds. The Morgan fingerprint density at radius 3 is 2.50 bits per heavy atom. The van der Waals surface area contributed by atoms with Crippen LogP contribution in [-0.4, -0.2) is 26.6 Å². The molecule has 0 heterocycles. The van der Waals surface area contributed by atoms with Crippen LogP contribution in [0.3, 0.4) is 0 Å². The third kappa shape index (κ3) is 5.25. The summed E-state index contributed by atoms with van der Waals surface area (Å²) in [6, 6.07) is 15.4.